The summed E-state index contributed by atoms with van der Waals surface area (Å²) in [5.41, 5.74) is 1.30. The lowest BCUT2D eigenvalue weighted by Crippen LogP contribution is -2.36. The van der Waals surface area contributed by atoms with Crippen LogP contribution in [0.4, 0.5) is 9.18 Å². The van der Waals surface area contributed by atoms with Gasteiger partial charge in [-0.05, 0) is 29.3 Å². The molecule has 2 aromatic rings. The Morgan fingerprint density at radius 1 is 1.04 bits per heavy atom. The van der Waals surface area contributed by atoms with E-state index < -0.39 is 10.0 Å². The van der Waals surface area contributed by atoms with Gasteiger partial charge in [-0.1, -0.05) is 30.3 Å². The maximum atomic E-state index is 12.9. The van der Waals surface area contributed by atoms with Gasteiger partial charge in [0.05, 0.1) is 4.90 Å². The van der Waals surface area contributed by atoms with Crippen molar-refractivity contribution in [3.63, 3.8) is 0 Å². The number of nitrogens with one attached hydrogen (secondary N) is 1. The normalized spacial score (nSPS) is 11.4. The Hall–Kier alpha value is -2.45. The molecule has 0 aliphatic rings. The Labute approximate surface area is 153 Å². The summed E-state index contributed by atoms with van der Waals surface area (Å²) in [7, 11) is 0.936. The van der Waals surface area contributed by atoms with Crippen LogP contribution in [0.3, 0.4) is 0 Å². The first-order chi connectivity index (χ1) is 12.2. The Morgan fingerprint density at radius 2 is 1.65 bits per heavy atom. The molecule has 1 N–H and O–H groups in total. The van der Waals surface area contributed by atoms with Gasteiger partial charge in [-0.2, -0.15) is 0 Å². The summed E-state index contributed by atoms with van der Waals surface area (Å²) in [5.74, 6) is -0.334. The van der Waals surface area contributed by atoms with Gasteiger partial charge in [0, 0.05) is 34.2 Å². The second-order valence-corrected chi connectivity index (χ2v) is 8.16. The summed E-state index contributed by atoms with van der Waals surface area (Å²) in [6.45, 7) is 0.388. The third-order valence-corrected chi connectivity index (χ3v) is 5.76. The third kappa shape index (κ3) is 4.80. The highest BCUT2D eigenvalue weighted by molar-refractivity contribution is 7.89. The number of amides is 2. The molecule has 0 aromatic heterocycles. The van der Waals surface area contributed by atoms with E-state index in [-0.39, 0.29) is 23.3 Å². The van der Waals surface area contributed by atoms with E-state index in [4.69, 9.17) is 0 Å². The number of carbonyl (C=O) groups excluding carboxylic acids is 1. The summed E-state index contributed by atoms with van der Waals surface area (Å²) in [5, 5.41) is 2.71. The van der Waals surface area contributed by atoms with E-state index in [0.29, 0.717) is 12.1 Å². The first-order valence-corrected chi connectivity index (χ1v) is 9.39. The average Bonchev–Trinajstić information content (AvgIpc) is 2.61. The number of rotatable bonds is 6. The van der Waals surface area contributed by atoms with E-state index in [0.717, 1.165) is 9.87 Å². The number of nitrogens with zero attached hydrogens (tertiary/aromatic N) is 2. The number of carbonyl (C=O) groups is 1. The fraction of sp³-hybridized carbons (Fsp3) is 0.278. The van der Waals surface area contributed by atoms with Gasteiger partial charge in [0.2, 0.25) is 10.0 Å². The topological polar surface area (TPSA) is 69.7 Å². The molecule has 140 valence electrons. The number of hydrogen-bond donors (Lipinski definition) is 1. The van der Waals surface area contributed by atoms with Crippen molar-refractivity contribution >= 4 is 16.1 Å². The van der Waals surface area contributed by atoms with E-state index in [1.54, 1.807) is 37.4 Å². The highest BCUT2D eigenvalue weighted by Gasteiger charge is 2.21. The zero-order chi connectivity index (χ0) is 19.3. The molecule has 0 unspecified atom stereocenters. The largest absolute Gasteiger partial charge is 0.334 e. The minimum atomic E-state index is -3.60. The molecule has 0 radical (unpaired) electrons. The second-order valence-electron chi connectivity index (χ2n) is 6.04. The Bertz CT molecular complexity index is 868. The summed E-state index contributed by atoms with van der Waals surface area (Å²) in [4.78, 5) is 13.9. The number of benzene rings is 2. The fourth-order valence-corrected chi connectivity index (χ4v) is 3.45. The summed E-state index contributed by atoms with van der Waals surface area (Å²) >= 11 is 0. The van der Waals surface area contributed by atoms with Gasteiger partial charge in [0.25, 0.3) is 0 Å². The average molecular weight is 379 g/mol. The van der Waals surface area contributed by atoms with Crippen LogP contribution in [0.5, 0.6) is 0 Å². The van der Waals surface area contributed by atoms with Crippen LogP contribution in [0.1, 0.15) is 11.1 Å². The summed E-state index contributed by atoms with van der Waals surface area (Å²) in [6, 6.07) is 12.1. The smallest absolute Gasteiger partial charge is 0.317 e. The summed E-state index contributed by atoms with van der Waals surface area (Å²) in [6.07, 6.45) is 0. The third-order valence-electron chi connectivity index (χ3n) is 3.84. The van der Waals surface area contributed by atoms with Crippen LogP contribution < -0.4 is 5.32 Å². The predicted octanol–water partition coefficient (Wildman–Crippen LogP) is 2.42. The Balaban J connectivity index is 2.04. The Morgan fingerprint density at radius 3 is 2.27 bits per heavy atom. The lowest BCUT2D eigenvalue weighted by atomic mass is 10.2. The SMILES string of the molecule is CN(Cc1ccc(F)cc1)C(=O)NCc1ccccc1S(=O)(=O)N(C)C. The number of halogens is 1. The molecule has 0 saturated carbocycles. The van der Waals surface area contributed by atoms with E-state index in [9.17, 15) is 17.6 Å². The van der Waals surface area contributed by atoms with Gasteiger partial charge in [-0.3, -0.25) is 0 Å². The lowest BCUT2D eigenvalue weighted by Gasteiger charge is -2.19. The van der Waals surface area contributed by atoms with Crippen molar-refractivity contribution in [2.24, 2.45) is 0 Å². The molecule has 0 heterocycles. The molecule has 2 aromatic carbocycles. The van der Waals surface area contributed by atoms with E-state index in [1.165, 1.54) is 37.2 Å². The standard InChI is InChI=1S/C18H22FN3O3S/c1-21(2)26(24,25)17-7-5-4-6-15(17)12-20-18(23)22(3)13-14-8-10-16(19)11-9-14/h4-11H,12-13H2,1-3H3,(H,20,23). The minimum Gasteiger partial charge on any atom is -0.334 e. The molecule has 0 spiro atoms. The molecule has 2 rings (SSSR count). The van der Waals surface area contributed by atoms with Crippen LogP contribution in [-0.4, -0.2) is 44.8 Å². The van der Waals surface area contributed by atoms with Gasteiger partial charge >= 0.3 is 6.03 Å². The van der Waals surface area contributed by atoms with Gasteiger partial charge in [-0.15, -0.1) is 0 Å². The van der Waals surface area contributed by atoms with Crippen LogP contribution in [0, 0.1) is 5.82 Å². The van der Waals surface area contributed by atoms with Gasteiger partial charge < -0.3 is 10.2 Å². The second kappa shape index (κ2) is 8.29. The van der Waals surface area contributed by atoms with E-state index in [2.05, 4.69) is 5.32 Å². The van der Waals surface area contributed by atoms with Gasteiger partial charge in [0.15, 0.2) is 0 Å². The van der Waals surface area contributed by atoms with Crippen LogP contribution in [-0.2, 0) is 23.1 Å². The highest BCUT2D eigenvalue weighted by Crippen LogP contribution is 2.18. The van der Waals surface area contributed by atoms with Gasteiger partial charge in [0.1, 0.15) is 5.82 Å². The van der Waals surface area contributed by atoms with Crippen molar-refractivity contribution in [2.45, 2.75) is 18.0 Å². The van der Waals surface area contributed by atoms with Crippen molar-refractivity contribution in [3.8, 4) is 0 Å². The molecule has 0 atom stereocenters. The molecule has 0 bridgehead atoms. The highest BCUT2D eigenvalue weighted by atomic mass is 32.2. The fourth-order valence-electron chi connectivity index (χ4n) is 2.34. The van der Waals surface area contributed by atoms with Crippen molar-refractivity contribution in [3.05, 3.63) is 65.5 Å². The number of hydrogen-bond acceptors (Lipinski definition) is 3. The molecule has 0 aliphatic heterocycles. The van der Waals surface area contributed by atoms with Gasteiger partial charge in [-0.25, -0.2) is 21.9 Å². The zero-order valence-electron chi connectivity index (χ0n) is 14.9. The van der Waals surface area contributed by atoms with Crippen molar-refractivity contribution < 1.29 is 17.6 Å². The van der Waals surface area contributed by atoms with E-state index >= 15 is 0 Å². The molecule has 0 aliphatic carbocycles. The van der Waals surface area contributed by atoms with Crippen molar-refractivity contribution in [1.29, 1.82) is 0 Å². The first-order valence-electron chi connectivity index (χ1n) is 7.95. The molecule has 0 fully saturated rings. The number of urea groups is 1. The number of sulfonamides is 1. The maximum absolute atomic E-state index is 12.9. The molecular formula is C18H22FN3O3S. The summed E-state index contributed by atoms with van der Waals surface area (Å²) < 4.78 is 38.8. The minimum absolute atomic E-state index is 0.0792. The maximum Gasteiger partial charge on any atom is 0.317 e. The molecule has 0 saturated heterocycles. The van der Waals surface area contributed by atoms with Crippen LogP contribution in [0.2, 0.25) is 0 Å². The zero-order valence-corrected chi connectivity index (χ0v) is 15.8. The van der Waals surface area contributed by atoms with Crippen LogP contribution >= 0.6 is 0 Å². The monoisotopic (exact) mass is 379 g/mol. The quantitative estimate of drug-likeness (QED) is 0.838. The molecule has 8 heteroatoms. The lowest BCUT2D eigenvalue weighted by molar-refractivity contribution is 0.206. The van der Waals surface area contributed by atoms with Crippen molar-refractivity contribution in [1.82, 2.24) is 14.5 Å². The van der Waals surface area contributed by atoms with E-state index in [1.807, 2.05) is 0 Å². The van der Waals surface area contributed by atoms with Crippen LogP contribution in [0.25, 0.3) is 0 Å². The predicted molar refractivity (Wildman–Crippen MR) is 97.4 cm³/mol. The van der Waals surface area contributed by atoms with Crippen LogP contribution in [0.15, 0.2) is 53.4 Å². The first kappa shape index (κ1) is 19.9. The molecule has 26 heavy (non-hydrogen) atoms. The molecular weight excluding hydrogens is 357 g/mol. The molecule has 6 nitrogen and oxygen atoms in total. The Kier molecular flexibility index (Phi) is 6.33. The van der Waals surface area contributed by atoms with Crippen molar-refractivity contribution in [2.75, 3.05) is 21.1 Å². The molecule has 2 amide bonds.